The lowest BCUT2D eigenvalue weighted by molar-refractivity contribution is 0.0785. The largest absolute Gasteiger partial charge is 0.457 e. The maximum atomic E-state index is 12.9. The number of carbonyl (C=O) groups excluding carboxylic acids is 1. The third-order valence-electron chi connectivity index (χ3n) is 5.93. The number of aromatic nitrogens is 1. The Kier molecular flexibility index (Phi) is 6.77. The first-order valence-corrected chi connectivity index (χ1v) is 11.3. The van der Waals surface area contributed by atoms with Crippen molar-refractivity contribution in [1.82, 2.24) is 9.88 Å². The first-order valence-electron chi connectivity index (χ1n) is 10.9. The lowest BCUT2D eigenvalue weighted by Crippen LogP contribution is -2.29. The monoisotopic (exact) mass is 450 g/mol. The number of amides is 1. The number of likely N-dealkylation sites (tertiary alicyclic amines) is 1. The molecule has 32 heavy (non-hydrogen) atoms. The van der Waals surface area contributed by atoms with E-state index in [2.05, 4.69) is 24.9 Å². The molecule has 4 rings (SSSR count). The number of rotatable bonds is 6. The molecule has 0 bridgehead atoms. The summed E-state index contributed by atoms with van der Waals surface area (Å²) in [6.07, 6.45) is 2.40. The highest BCUT2D eigenvalue weighted by molar-refractivity contribution is 6.33. The molecular weight excluding hydrogens is 424 g/mol. The second kappa shape index (κ2) is 9.72. The number of ether oxygens (including phenoxy) is 1. The molecule has 2 aromatic carbocycles. The molecule has 3 aromatic rings. The molecular formula is C26H27ClN2O3. The molecule has 1 aliphatic heterocycles. The van der Waals surface area contributed by atoms with Gasteiger partial charge in [-0.1, -0.05) is 49.7 Å². The molecule has 1 atom stereocenters. The Morgan fingerprint density at radius 2 is 2.03 bits per heavy atom. The summed E-state index contributed by atoms with van der Waals surface area (Å²) in [5.74, 6) is 1.84. The van der Waals surface area contributed by atoms with Crippen LogP contribution < -0.4 is 4.74 Å². The first-order chi connectivity index (χ1) is 15.5. The number of hydrogen-bond donors (Lipinski definition) is 1. The summed E-state index contributed by atoms with van der Waals surface area (Å²) in [5.41, 5.74) is 3.28. The molecule has 1 aromatic heterocycles. The zero-order valence-electron chi connectivity index (χ0n) is 18.3. The minimum Gasteiger partial charge on any atom is -0.457 e. The van der Waals surface area contributed by atoms with E-state index in [4.69, 9.17) is 16.3 Å². The van der Waals surface area contributed by atoms with E-state index in [1.54, 1.807) is 23.2 Å². The molecule has 6 heteroatoms. The van der Waals surface area contributed by atoms with Crippen LogP contribution in [0.4, 0.5) is 0 Å². The van der Waals surface area contributed by atoms with Gasteiger partial charge >= 0.3 is 0 Å². The van der Waals surface area contributed by atoms with E-state index in [1.165, 1.54) is 0 Å². The molecule has 0 unspecified atom stereocenters. The van der Waals surface area contributed by atoms with Crippen LogP contribution in [0.5, 0.6) is 11.5 Å². The van der Waals surface area contributed by atoms with Gasteiger partial charge in [0, 0.05) is 25.2 Å². The minimum atomic E-state index is -0.158. The molecule has 0 radical (unpaired) electrons. The number of hydrogen-bond acceptors (Lipinski definition) is 4. The van der Waals surface area contributed by atoms with Crippen LogP contribution in [0.2, 0.25) is 5.02 Å². The van der Waals surface area contributed by atoms with Crippen LogP contribution in [-0.4, -0.2) is 34.0 Å². The van der Waals surface area contributed by atoms with Gasteiger partial charge in [-0.3, -0.25) is 4.79 Å². The Bertz CT molecular complexity index is 1120. The molecule has 1 fully saturated rings. The van der Waals surface area contributed by atoms with Crippen molar-refractivity contribution in [2.24, 2.45) is 0 Å². The second-order valence-electron chi connectivity index (χ2n) is 8.38. The number of carbonyl (C=O) groups is 1. The lowest BCUT2D eigenvalue weighted by Gasteiger charge is -2.19. The summed E-state index contributed by atoms with van der Waals surface area (Å²) >= 11 is 6.16. The van der Waals surface area contributed by atoms with Crippen LogP contribution in [0.25, 0.3) is 0 Å². The van der Waals surface area contributed by atoms with E-state index < -0.39 is 0 Å². The van der Waals surface area contributed by atoms with Gasteiger partial charge in [0.25, 0.3) is 5.91 Å². The van der Waals surface area contributed by atoms with Gasteiger partial charge in [0.05, 0.1) is 11.6 Å². The van der Waals surface area contributed by atoms with E-state index >= 15 is 0 Å². The number of benzene rings is 2. The van der Waals surface area contributed by atoms with Crippen molar-refractivity contribution >= 4 is 17.5 Å². The third-order valence-corrected chi connectivity index (χ3v) is 6.23. The first kappa shape index (κ1) is 22.3. The molecule has 1 amide bonds. The van der Waals surface area contributed by atoms with Gasteiger partial charge in [-0.25, -0.2) is 4.98 Å². The summed E-state index contributed by atoms with van der Waals surface area (Å²) in [6.45, 7) is 5.37. The number of nitrogens with zero attached hydrogens (tertiary/aromatic N) is 2. The van der Waals surface area contributed by atoms with Crippen LogP contribution in [0.3, 0.4) is 0 Å². The lowest BCUT2D eigenvalue weighted by atomic mass is 9.93. The molecule has 1 N–H and O–H groups in total. The average Bonchev–Trinajstić information content (AvgIpc) is 3.29. The normalized spacial score (nSPS) is 15.9. The Balaban J connectivity index is 1.52. The number of aliphatic hydroxyl groups excluding tert-OH is 1. The maximum absolute atomic E-state index is 12.9. The van der Waals surface area contributed by atoms with Crippen molar-refractivity contribution in [2.45, 2.75) is 38.7 Å². The smallest absolute Gasteiger partial charge is 0.274 e. The Morgan fingerprint density at radius 1 is 1.22 bits per heavy atom. The Morgan fingerprint density at radius 3 is 2.78 bits per heavy atom. The van der Waals surface area contributed by atoms with Crippen molar-refractivity contribution in [2.75, 3.05) is 13.1 Å². The zero-order chi connectivity index (χ0) is 22.7. The van der Waals surface area contributed by atoms with E-state index in [9.17, 15) is 9.90 Å². The van der Waals surface area contributed by atoms with Gasteiger partial charge in [-0.05, 0) is 59.4 Å². The fraction of sp³-hybridized carbons (Fsp3) is 0.308. The molecule has 166 valence electrons. The van der Waals surface area contributed by atoms with Crippen molar-refractivity contribution < 1.29 is 14.6 Å². The van der Waals surface area contributed by atoms with Crippen molar-refractivity contribution in [3.05, 3.63) is 88.2 Å². The molecule has 1 saturated heterocycles. The fourth-order valence-electron chi connectivity index (χ4n) is 4.25. The van der Waals surface area contributed by atoms with Gasteiger partial charge in [-0.15, -0.1) is 0 Å². The van der Waals surface area contributed by atoms with Gasteiger partial charge < -0.3 is 14.7 Å². The number of para-hydroxylation sites is 1. The summed E-state index contributed by atoms with van der Waals surface area (Å²) < 4.78 is 6.16. The van der Waals surface area contributed by atoms with Crippen LogP contribution in [0.15, 0.2) is 60.8 Å². The summed E-state index contributed by atoms with van der Waals surface area (Å²) in [6, 6.07) is 17.2. The zero-order valence-corrected chi connectivity index (χ0v) is 19.0. The average molecular weight is 451 g/mol. The minimum absolute atomic E-state index is 0.0884. The number of halogens is 1. The van der Waals surface area contributed by atoms with Crippen molar-refractivity contribution in [3.63, 3.8) is 0 Å². The van der Waals surface area contributed by atoms with Crippen LogP contribution in [0, 0.1) is 0 Å². The SMILES string of the molecule is CC(C)c1ccccc1Oc1ccc([C@@H]2CCN(C(=O)c3ncccc3Cl)C2)c(CO)c1. The predicted molar refractivity (Wildman–Crippen MR) is 125 cm³/mol. The van der Waals surface area contributed by atoms with Crippen LogP contribution in [-0.2, 0) is 6.61 Å². The highest BCUT2D eigenvalue weighted by atomic mass is 35.5. The third kappa shape index (κ3) is 4.64. The molecule has 2 heterocycles. The molecule has 0 saturated carbocycles. The summed E-state index contributed by atoms with van der Waals surface area (Å²) in [7, 11) is 0. The van der Waals surface area contributed by atoms with Crippen molar-refractivity contribution in [3.8, 4) is 11.5 Å². The van der Waals surface area contributed by atoms with E-state index in [1.807, 2.05) is 36.4 Å². The molecule has 0 aliphatic carbocycles. The Labute approximate surface area is 193 Å². The van der Waals surface area contributed by atoms with E-state index in [-0.39, 0.29) is 24.1 Å². The highest BCUT2D eigenvalue weighted by Crippen LogP contribution is 2.35. The molecule has 5 nitrogen and oxygen atoms in total. The summed E-state index contributed by atoms with van der Waals surface area (Å²) in [5, 5.41) is 10.4. The van der Waals surface area contributed by atoms with Crippen molar-refractivity contribution in [1.29, 1.82) is 0 Å². The van der Waals surface area contributed by atoms with Gasteiger partial charge in [-0.2, -0.15) is 0 Å². The van der Waals surface area contributed by atoms with Gasteiger partial charge in [0.2, 0.25) is 0 Å². The van der Waals surface area contributed by atoms with Gasteiger partial charge in [0.15, 0.2) is 0 Å². The van der Waals surface area contributed by atoms with Crippen LogP contribution in [0.1, 0.15) is 59.3 Å². The number of aliphatic hydroxyl groups is 1. The summed E-state index contributed by atoms with van der Waals surface area (Å²) in [4.78, 5) is 18.8. The maximum Gasteiger partial charge on any atom is 0.274 e. The highest BCUT2D eigenvalue weighted by Gasteiger charge is 2.30. The standard InChI is InChI=1S/C26H27ClN2O3/c1-17(2)21-6-3-4-8-24(21)32-20-9-10-22(19(14-20)16-30)18-11-13-29(15-18)26(31)25-23(27)7-5-12-28-25/h3-10,12,14,17-18,30H,11,13,15-16H2,1-2H3/t18-/m1/s1. The van der Waals surface area contributed by atoms with E-state index in [0.717, 1.165) is 28.9 Å². The fourth-order valence-corrected chi connectivity index (χ4v) is 4.45. The van der Waals surface area contributed by atoms with Crippen LogP contribution >= 0.6 is 11.6 Å². The molecule has 0 spiro atoms. The predicted octanol–water partition coefficient (Wildman–Crippen LogP) is 5.77. The molecule has 1 aliphatic rings. The van der Waals surface area contributed by atoms with Gasteiger partial charge in [0.1, 0.15) is 17.2 Å². The second-order valence-corrected chi connectivity index (χ2v) is 8.79. The Hall–Kier alpha value is -2.89. The quantitative estimate of drug-likeness (QED) is 0.517. The topological polar surface area (TPSA) is 62.7 Å². The number of pyridine rings is 1. The van der Waals surface area contributed by atoms with E-state index in [0.29, 0.717) is 29.8 Å².